The Morgan fingerprint density at radius 2 is 2.00 bits per heavy atom. The number of nitrogen functional groups attached to an aromatic ring is 1. The maximum absolute atomic E-state index is 6.14. The van der Waals surface area contributed by atoms with Crippen molar-refractivity contribution in [3.8, 4) is 5.75 Å². The SMILES string of the molecule is Cc1ccc(OCc2nnc(SCC3CCCCC3)n2N)c(C)c1. The second kappa shape index (κ2) is 7.92. The van der Waals surface area contributed by atoms with Gasteiger partial charge in [-0.15, -0.1) is 10.2 Å². The quantitative estimate of drug-likeness (QED) is 0.635. The molecule has 1 aliphatic rings. The molecule has 2 aromatic rings. The molecule has 130 valence electrons. The number of aryl methyl sites for hydroxylation is 2. The number of aromatic nitrogens is 3. The minimum absolute atomic E-state index is 0.331. The highest BCUT2D eigenvalue weighted by Gasteiger charge is 2.17. The van der Waals surface area contributed by atoms with E-state index in [9.17, 15) is 0 Å². The second-order valence-corrected chi connectivity index (χ2v) is 7.63. The summed E-state index contributed by atoms with van der Waals surface area (Å²) in [6, 6.07) is 6.13. The summed E-state index contributed by atoms with van der Waals surface area (Å²) in [6.07, 6.45) is 6.75. The highest BCUT2D eigenvalue weighted by atomic mass is 32.2. The molecule has 1 saturated carbocycles. The van der Waals surface area contributed by atoms with Gasteiger partial charge in [-0.3, -0.25) is 0 Å². The normalized spacial score (nSPS) is 15.6. The third-order valence-corrected chi connectivity index (χ3v) is 5.77. The Labute approximate surface area is 148 Å². The van der Waals surface area contributed by atoms with Crippen LogP contribution in [0.1, 0.15) is 49.1 Å². The van der Waals surface area contributed by atoms with Crippen LogP contribution < -0.4 is 10.6 Å². The molecule has 6 heteroatoms. The molecule has 1 aromatic carbocycles. The number of hydrogen-bond acceptors (Lipinski definition) is 5. The first kappa shape index (κ1) is 17.1. The molecule has 0 bridgehead atoms. The van der Waals surface area contributed by atoms with E-state index in [0.717, 1.165) is 28.1 Å². The van der Waals surface area contributed by atoms with Gasteiger partial charge in [0.05, 0.1) is 0 Å². The van der Waals surface area contributed by atoms with Crippen molar-refractivity contribution in [2.45, 2.75) is 57.7 Å². The molecule has 0 atom stereocenters. The van der Waals surface area contributed by atoms with Crippen LogP contribution in [0.25, 0.3) is 0 Å². The summed E-state index contributed by atoms with van der Waals surface area (Å²) in [5.41, 5.74) is 2.34. The number of ether oxygens (including phenoxy) is 1. The largest absolute Gasteiger partial charge is 0.485 e. The fourth-order valence-corrected chi connectivity index (χ4v) is 4.21. The predicted octanol–water partition coefficient (Wildman–Crippen LogP) is 3.86. The minimum atomic E-state index is 0.331. The summed E-state index contributed by atoms with van der Waals surface area (Å²) in [4.78, 5) is 0. The van der Waals surface area contributed by atoms with E-state index in [1.165, 1.54) is 37.7 Å². The minimum Gasteiger partial charge on any atom is -0.485 e. The third-order valence-electron chi connectivity index (χ3n) is 4.60. The van der Waals surface area contributed by atoms with E-state index < -0.39 is 0 Å². The molecule has 3 rings (SSSR count). The fourth-order valence-electron chi connectivity index (χ4n) is 3.15. The van der Waals surface area contributed by atoms with E-state index in [1.807, 2.05) is 19.1 Å². The zero-order valence-corrected chi connectivity index (χ0v) is 15.3. The van der Waals surface area contributed by atoms with Crippen LogP contribution in [0.15, 0.2) is 23.4 Å². The summed E-state index contributed by atoms with van der Waals surface area (Å²) < 4.78 is 7.42. The monoisotopic (exact) mass is 346 g/mol. The number of rotatable bonds is 6. The smallest absolute Gasteiger partial charge is 0.209 e. The van der Waals surface area contributed by atoms with E-state index in [0.29, 0.717) is 12.4 Å². The summed E-state index contributed by atoms with van der Waals surface area (Å²) in [6.45, 7) is 4.45. The average Bonchev–Trinajstić information content (AvgIpc) is 2.93. The van der Waals surface area contributed by atoms with Crippen LogP contribution in [-0.2, 0) is 6.61 Å². The summed E-state index contributed by atoms with van der Waals surface area (Å²) in [5.74, 6) is 9.52. The van der Waals surface area contributed by atoms with Gasteiger partial charge in [0.2, 0.25) is 5.16 Å². The van der Waals surface area contributed by atoms with E-state index in [1.54, 1.807) is 16.4 Å². The fraction of sp³-hybridized carbons (Fsp3) is 0.556. The lowest BCUT2D eigenvalue weighted by atomic mass is 9.91. The van der Waals surface area contributed by atoms with Crippen LogP contribution in [0.3, 0.4) is 0 Å². The average molecular weight is 347 g/mol. The predicted molar refractivity (Wildman–Crippen MR) is 97.7 cm³/mol. The zero-order valence-electron chi connectivity index (χ0n) is 14.5. The van der Waals surface area contributed by atoms with Crippen molar-refractivity contribution >= 4 is 11.8 Å². The lowest BCUT2D eigenvalue weighted by Crippen LogP contribution is -2.17. The van der Waals surface area contributed by atoms with Crippen molar-refractivity contribution in [1.29, 1.82) is 0 Å². The Kier molecular flexibility index (Phi) is 5.66. The van der Waals surface area contributed by atoms with E-state index in [4.69, 9.17) is 10.6 Å². The lowest BCUT2D eigenvalue weighted by Gasteiger charge is -2.20. The molecule has 2 N–H and O–H groups in total. The van der Waals surface area contributed by atoms with Crippen molar-refractivity contribution in [2.24, 2.45) is 5.92 Å². The van der Waals surface area contributed by atoms with Gasteiger partial charge in [0.15, 0.2) is 5.82 Å². The van der Waals surface area contributed by atoms with Crippen molar-refractivity contribution in [3.63, 3.8) is 0 Å². The Morgan fingerprint density at radius 1 is 1.21 bits per heavy atom. The molecule has 0 unspecified atom stereocenters. The van der Waals surface area contributed by atoms with Gasteiger partial charge in [0.1, 0.15) is 12.4 Å². The van der Waals surface area contributed by atoms with Crippen LogP contribution in [0.5, 0.6) is 5.75 Å². The van der Waals surface area contributed by atoms with Crippen LogP contribution in [0.4, 0.5) is 0 Å². The number of hydrogen-bond donors (Lipinski definition) is 1. The van der Waals surface area contributed by atoms with Gasteiger partial charge in [-0.25, -0.2) is 4.68 Å². The van der Waals surface area contributed by atoms with Gasteiger partial charge >= 0.3 is 0 Å². The Bertz CT molecular complexity index is 680. The van der Waals surface area contributed by atoms with Gasteiger partial charge < -0.3 is 10.6 Å². The maximum Gasteiger partial charge on any atom is 0.209 e. The molecule has 1 aromatic heterocycles. The first-order valence-corrected chi connectivity index (χ1v) is 9.64. The molecule has 1 fully saturated rings. The molecule has 24 heavy (non-hydrogen) atoms. The molecule has 0 spiro atoms. The van der Waals surface area contributed by atoms with Crippen molar-refractivity contribution in [3.05, 3.63) is 35.2 Å². The summed E-state index contributed by atoms with van der Waals surface area (Å²) >= 11 is 1.71. The van der Waals surface area contributed by atoms with Crippen LogP contribution in [0.2, 0.25) is 0 Å². The Morgan fingerprint density at radius 3 is 2.75 bits per heavy atom. The molecule has 0 radical (unpaired) electrons. The topological polar surface area (TPSA) is 66.0 Å². The molecular weight excluding hydrogens is 320 g/mol. The summed E-state index contributed by atoms with van der Waals surface area (Å²) in [5, 5.41) is 9.18. The van der Waals surface area contributed by atoms with Crippen LogP contribution in [-0.4, -0.2) is 20.6 Å². The van der Waals surface area contributed by atoms with Gasteiger partial charge in [-0.2, -0.15) is 0 Å². The standard InChI is InChI=1S/C18H26N4OS/c1-13-8-9-16(14(2)10-13)23-11-17-20-21-18(22(17)19)24-12-15-6-4-3-5-7-15/h8-10,15H,3-7,11-12,19H2,1-2H3. The molecule has 0 amide bonds. The number of thioether (sulfide) groups is 1. The van der Waals surface area contributed by atoms with E-state index in [-0.39, 0.29) is 0 Å². The third kappa shape index (κ3) is 4.23. The molecule has 5 nitrogen and oxygen atoms in total. The van der Waals surface area contributed by atoms with Gasteiger partial charge in [0.25, 0.3) is 0 Å². The molecule has 1 heterocycles. The van der Waals surface area contributed by atoms with Gasteiger partial charge in [-0.05, 0) is 44.2 Å². The van der Waals surface area contributed by atoms with Crippen LogP contribution in [0, 0.1) is 19.8 Å². The first-order chi connectivity index (χ1) is 11.6. The van der Waals surface area contributed by atoms with Crippen LogP contribution >= 0.6 is 11.8 Å². The number of benzene rings is 1. The van der Waals surface area contributed by atoms with E-state index in [2.05, 4.69) is 23.2 Å². The highest BCUT2D eigenvalue weighted by molar-refractivity contribution is 7.99. The first-order valence-electron chi connectivity index (χ1n) is 8.65. The molecule has 0 saturated heterocycles. The van der Waals surface area contributed by atoms with Gasteiger partial charge in [0, 0.05) is 5.75 Å². The maximum atomic E-state index is 6.14. The molecule has 1 aliphatic carbocycles. The number of nitrogens with zero attached hydrogens (tertiary/aromatic N) is 3. The van der Waals surface area contributed by atoms with Crippen molar-refractivity contribution in [2.75, 3.05) is 11.6 Å². The highest BCUT2D eigenvalue weighted by Crippen LogP contribution is 2.29. The number of nitrogens with two attached hydrogens (primary N) is 1. The Balaban J connectivity index is 1.56. The molecular formula is C18H26N4OS. The summed E-state index contributed by atoms with van der Waals surface area (Å²) in [7, 11) is 0. The zero-order chi connectivity index (χ0) is 16.9. The van der Waals surface area contributed by atoms with Crippen molar-refractivity contribution in [1.82, 2.24) is 14.9 Å². The van der Waals surface area contributed by atoms with Crippen molar-refractivity contribution < 1.29 is 4.74 Å². The molecule has 0 aliphatic heterocycles. The van der Waals surface area contributed by atoms with E-state index >= 15 is 0 Å². The van der Waals surface area contributed by atoms with Gasteiger partial charge in [-0.1, -0.05) is 48.7 Å². The Hall–Kier alpha value is -1.69. The second-order valence-electron chi connectivity index (χ2n) is 6.64. The lowest BCUT2D eigenvalue weighted by molar-refractivity contribution is 0.289.